The van der Waals surface area contributed by atoms with E-state index in [9.17, 15) is 4.79 Å². The van der Waals surface area contributed by atoms with Crippen molar-refractivity contribution in [2.45, 2.75) is 20.8 Å². The van der Waals surface area contributed by atoms with Crippen molar-refractivity contribution in [2.75, 3.05) is 37.7 Å². The molecule has 0 spiro atoms. The maximum absolute atomic E-state index is 12.6. The minimum absolute atomic E-state index is 0.00888. The molecule has 6 heteroatoms. The number of carbonyl (C=O) groups excluding carboxylic acids is 1. The number of imidazole rings is 1. The molecule has 1 aromatic carbocycles. The van der Waals surface area contributed by atoms with Gasteiger partial charge in [-0.25, -0.2) is 4.98 Å². The third-order valence-electron chi connectivity index (χ3n) is 4.28. The number of aromatic amines is 1. The Balaban J connectivity index is 1.68. The number of carbonyl (C=O) groups is 1. The molecule has 1 aromatic heterocycles. The van der Waals surface area contributed by atoms with E-state index in [1.165, 1.54) is 0 Å². The maximum Gasteiger partial charge on any atom is 0.274 e. The number of nitrogens with one attached hydrogen (secondary N) is 1. The number of piperazine rings is 1. The second-order valence-corrected chi connectivity index (χ2v) is 5.98. The molecule has 0 saturated carbocycles. The van der Waals surface area contributed by atoms with E-state index in [2.05, 4.69) is 20.9 Å². The lowest BCUT2D eigenvalue weighted by Crippen LogP contribution is -2.49. The maximum atomic E-state index is 12.6. The zero-order valence-electron chi connectivity index (χ0n) is 14.5. The van der Waals surface area contributed by atoms with Crippen LogP contribution < -0.4 is 9.64 Å². The van der Waals surface area contributed by atoms with Crippen molar-refractivity contribution in [1.29, 1.82) is 0 Å². The van der Waals surface area contributed by atoms with Crippen LogP contribution in [0.25, 0.3) is 0 Å². The number of ether oxygens (including phenoxy) is 1. The molecule has 3 rings (SSSR count). The highest BCUT2D eigenvalue weighted by molar-refractivity contribution is 5.93. The normalized spacial score (nSPS) is 14.8. The van der Waals surface area contributed by atoms with Gasteiger partial charge < -0.3 is 19.5 Å². The van der Waals surface area contributed by atoms with E-state index in [1.807, 2.05) is 43.9 Å². The van der Waals surface area contributed by atoms with E-state index in [1.54, 1.807) is 0 Å². The van der Waals surface area contributed by atoms with E-state index in [4.69, 9.17) is 4.74 Å². The van der Waals surface area contributed by atoms with Crippen molar-refractivity contribution in [1.82, 2.24) is 14.9 Å². The lowest BCUT2D eigenvalue weighted by molar-refractivity contribution is 0.0740. The van der Waals surface area contributed by atoms with Crippen LogP contribution in [0.3, 0.4) is 0 Å². The Labute approximate surface area is 142 Å². The van der Waals surface area contributed by atoms with Gasteiger partial charge in [-0.2, -0.15) is 0 Å². The minimum atomic E-state index is 0.00888. The summed E-state index contributed by atoms with van der Waals surface area (Å²) in [5.41, 5.74) is 2.47. The third-order valence-corrected chi connectivity index (χ3v) is 4.28. The Morgan fingerprint density at radius 3 is 2.54 bits per heavy atom. The van der Waals surface area contributed by atoms with Crippen molar-refractivity contribution >= 4 is 11.6 Å². The molecule has 1 aliphatic heterocycles. The van der Waals surface area contributed by atoms with Gasteiger partial charge in [0.2, 0.25) is 0 Å². The SMILES string of the molecule is CCOc1ccccc1N1CCN(C(=O)c2nc(C)[nH]c2C)CC1. The van der Waals surface area contributed by atoms with Crippen LogP contribution >= 0.6 is 0 Å². The van der Waals surface area contributed by atoms with E-state index < -0.39 is 0 Å². The Hall–Kier alpha value is -2.50. The van der Waals surface area contributed by atoms with Crippen LogP contribution in [0.4, 0.5) is 5.69 Å². The molecule has 1 aliphatic rings. The van der Waals surface area contributed by atoms with Crippen LogP contribution in [-0.4, -0.2) is 53.6 Å². The number of anilines is 1. The molecule has 0 bridgehead atoms. The lowest BCUT2D eigenvalue weighted by atomic mass is 10.2. The fourth-order valence-corrected chi connectivity index (χ4v) is 3.11. The molecular weight excluding hydrogens is 304 g/mol. The standard InChI is InChI=1S/C18H24N4O2/c1-4-24-16-8-6-5-7-15(16)21-9-11-22(12-10-21)18(23)17-13(2)19-14(3)20-17/h5-8H,4,9-12H2,1-3H3,(H,19,20). The number of amides is 1. The van der Waals surface area contributed by atoms with E-state index in [0.717, 1.165) is 36.0 Å². The molecule has 24 heavy (non-hydrogen) atoms. The number of para-hydroxylation sites is 2. The molecular formula is C18H24N4O2. The number of H-pyrrole nitrogens is 1. The fourth-order valence-electron chi connectivity index (χ4n) is 3.11. The van der Waals surface area contributed by atoms with Gasteiger partial charge in [-0.1, -0.05) is 12.1 Å². The number of aryl methyl sites for hydroxylation is 2. The topological polar surface area (TPSA) is 61.5 Å². The summed E-state index contributed by atoms with van der Waals surface area (Å²) in [4.78, 5) is 24.2. The molecule has 1 amide bonds. The zero-order valence-corrected chi connectivity index (χ0v) is 14.5. The van der Waals surface area contributed by atoms with Crippen LogP contribution in [0.15, 0.2) is 24.3 Å². The van der Waals surface area contributed by atoms with Crippen molar-refractivity contribution in [3.8, 4) is 5.75 Å². The predicted molar refractivity (Wildman–Crippen MR) is 93.8 cm³/mol. The Morgan fingerprint density at radius 2 is 1.92 bits per heavy atom. The van der Waals surface area contributed by atoms with Crippen LogP contribution in [0, 0.1) is 13.8 Å². The lowest BCUT2D eigenvalue weighted by Gasteiger charge is -2.36. The summed E-state index contributed by atoms with van der Waals surface area (Å²) in [6.07, 6.45) is 0. The van der Waals surface area contributed by atoms with Gasteiger partial charge in [0.25, 0.3) is 5.91 Å². The van der Waals surface area contributed by atoms with Gasteiger partial charge in [-0.05, 0) is 32.9 Å². The number of nitrogens with zero attached hydrogens (tertiary/aromatic N) is 3. The highest BCUT2D eigenvalue weighted by atomic mass is 16.5. The van der Waals surface area contributed by atoms with E-state index in [-0.39, 0.29) is 5.91 Å². The van der Waals surface area contributed by atoms with Crippen molar-refractivity contribution in [3.05, 3.63) is 41.5 Å². The number of rotatable bonds is 4. The largest absolute Gasteiger partial charge is 0.492 e. The summed E-state index contributed by atoms with van der Waals surface area (Å²) in [6, 6.07) is 8.07. The van der Waals surface area contributed by atoms with Gasteiger partial charge in [-0.3, -0.25) is 4.79 Å². The molecule has 0 atom stereocenters. The molecule has 1 N–H and O–H groups in total. The van der Waals surface area contributed by atoms with Gasteiger partial charge in [0.05, 0.1) is 12.3 Å². The zero-order chi connectivity index (χ0) is 17.1. The van der Waals surface area contributed by atoms with E-state index >= 15 is 0 Å². The Kier molecular flexibility index (Phi) is 4.74. The van der Waals surface area contributed by atoms with Crippen LogP contribution in [0.2, 0.25) is 0 Å². The molecule has 6 nitrogen and oxygen atoms in total. The smallest absolute Gasteiger partial charge is 0.274 e. The summed E-state index contributed by atoms with van der Waals surface area (Å²) in [5.74, 6) is 1.69. The number of aromatic nitrogens is 2. The van der Waals surface area contributed by atoms with Gasteiger partial charge in [-0.15, -0.1) is 0 Å². The van der Waals surface area contributed by atoms with E-state index in [0.29, 0.717) is 25.4 Å². The van der Waals surface area contributed by atoms with Gasteiger partial charge in [0.1, 0.15) is 17.3 Å². The average Bonchev–Trinajstić information content (AvgIpc) is 2.93. The molecule has 2 aromatic rings. The molecule has 0 unspecified atom stereocenters. The van der Waals surface area contributed by atoms with Gasteiger partial charge in [0, 0.05) is 31.9 Å². The second-order valence-electron chi connectivity index (χ2n) is 5.98. The molecule has 0 aliphatic carbocycles. The molecule has 128 valence electrons. The number of hydrogen-bond donors (Lipinski definition) is 1. The summed E-state index contributed by atoms with van der Waals surface area (Å²) >= 11 is 0. The Morgan fingerprint density at radius 1 is 1.21 bits per heavy atom. The average molecular weight is 328 g/mol. The molecule has 1 fully saturated rings. The summed E-state index contributed by atoms with van der Waals surface area (Å²) in [6.45, 7) is 9.34. The summed E-state index contributed by atoms with van der Waals surface area (Å²) in [5, 5.41) is 0. The second kappa shape index (κ2) is 6.95. The minimum Gasteiger partial charge on any atom is -0.492 e. The molecule has 0 radical (unpaired) electrons. The van der Waals surface area contributed by atoms with Crippen LogP contribution in [0.5, 0.6) is 5.75 Å². The fraction of sp³-hybridized carbons (Fsp3) is 0.444. The first-order valence-electron chi connectivity index (χ1n) is 8.39. The predicted octanol–water partition coefficient (Wildman–Crippen LogP) is 2.39. The first-order valence-corrected chi connectivity index (χ1v) is 8.39. The van der Waals surface area contributed by atoms with Crippen LogP contribution in [0.1, 0.15) is 28.9 Å². The molecule has 1 saturated heterocycles. The van der Waals surface area contributed by atoms with Crippen LogP contribution in [-0.2, 0) is 0 Å². The number of benzene rings is 1. The summed E-state index contributed by atoms with van der Waals surface area (Å²) < 4.78 is 5.72. The summed E-state index contributed by atoms with van der Waals surface area (Å²) in [7, 11) is 0. The highest BCUT2D eigenvalue weighted by Crippen LogP contribution is 2.29. The molecule has 2 heterocycles. The first kappa shape index (κ1) is 16.4. The van der Waals surface area contributed by atoms with Crippen molar-refractivity contribution in [3.63, 3.8) is 0 Å². The number of hydrogen-bond acceptors (Lipinski definition) is 4. The van der Waals surface area contributed by atoms with Crippen molar-refractivity contribution in [2.24, 2.45) is 0 Å². The third kappa shape index (κ3) is 3.22. The first-order chi connectivity index (χ1) is 11.6. The van der Waals surface area contributed by atoms with Gasteiger partial charge >= 0.3 is 0 Å². The van der Waals surface area contributed by atoms with Gasteiger partial charge in [0.15, 0.2) is 0 Å². The van der Waals surface area contributed by atoms with Crippen molar-refractivity contribution < 1.29 is 9.53 Å². The Bertz CT molecular complexity index is 718. The highest BCUT2D eigenvalue weighted by Gasteiger charge is 2.26. The quantitative estimate of drug-likeness (QED) is 0.936. The monoisotopic (exact) mass is 328 g/mol.